The van der Waals surface area contributed by atoms with Crippen molar-refractivity contribution in [2.24, 2.45) is 5.92 Å². The first kappa shape index (κ1) is 18.4. The Morgan fingerprint density at radius 3 is 2.62 bits per heavy atom. The number of amides is 1. The number of carbonyl (C=O) groups excluding carboxylic acids is 1. The third-order valence-corrected chi connectivity index (χ3v) is 5.11. The molecule has 2 aromatic rings. The fourth-order valence-electron chi connectivity index (χ4n) is 3.50. The number of nitrogens with zero attached hydrogens (tertiary/aromatic N) is 1. The van der Waals surface area contributed by atoms with Crippen LogP contribution in [0.2, 0.25) is 5.02 Å². The highest BCUT2D eigenvalue weighted by Crippen LogP contribution is 2.35. The van der Waals surface area contributed by atoms with Gasteiger partial charge in [-0.3, -0.25) is 4.79 Å². The van der Waals surface area contributed by atoms with Crippen molar-refractivity contribution in [3.05, 3.63) is 58.7 Å². The molecule has 1 aliphatic carbocycles. The monoisotopic (exact) mass is 372 g/mol. The average molecular weight is 373 g/mol. The molecule has 5 nitrogen and oxygen atoms in total. The first-order chi connectivity index (χ1) is 12.5. The van der Waals surface area contributed by atoms with E-state index < -0.39 is 5.97 Å². The zero-order chi connectivity index (χ0) is 18.5. The summed E-state index contributed by atoms with van der Waals surface area (Å²) in [5, 5.41) is 12.4. The van der Waals surface area contributed by atoms with E-state index in [-0.39, 0.29) is 17.4 Å². The summed E-state index contributed by atoms with van der Waals surface area (Å²) in [7, 11) is 0. The zero-order valence-corrected chi connectivity index (χ0v) is 15.1. The third-order valence-electron chi connectivity index (χ3n) is 4.87. The number of aromatic carboxylic acids is 1. The van der Waals surface area contributed by atoms with Crippen LogP contribution in [0.15, 0.2) is 42.6 Å². The molecule has 1 aromatic carbocycles. The van der Waals surface area contributed by atoms with Crippen LogP contribution in [0.4, 0.5) is 5.82 Å². The van der Waals surface area contributed by atoms with Gasteiger partial charge in [0.25, 0.3) is 0 Å². The Hall–Kier alpha value is -2.40. The molecule has 0 spiro atoms. The number of carbonyl (C=O) groups is 2. The Morgan fingerprint density at radius 2 is 2.00 bits per heavy atom. The number of halogens is 1. The Morgan fingerprint density at radius 1 is 1.23 bits per heavy atom. The second kappa shape index (κ2) is 8.32. The molecule has 0 saturated heterocycles. The molecule has 0 aliphatic heterocycles. The van der Waals surface area contributed by atoms with Crippen LogP contribution < -0.4 is 5.32 Å². The normalized spacial score (nSPS) is 15.6. The highest BCUT2D eigenvalue weighted by Gasteiger charge is 2.27. The van der Waals surface area contributed by atoms with Gasteiger partial charge in [0.15, 0.2) is 0 Å². The van der Waals surface area contributed by atoms with Gasteiger partial charge in [0.05, 0.1) is 11.5 Å². The van der Waals surface area contributed by atoms with Gasteiger partial charge in [-0.1, -0.05) is 49.4 Å². The second-order valence-electron chi connectivity index (χ2n) is 6.72. The predicted octanol–water partition coefficient (Wildman–Crippen LogP) is 4.74. The maximum absolute atomic E-state index is 12.9. The van der Waals surface area contributed by atoms with Gasteiger partial charge in [-0.25, -0.2) is 9.78 Å². The molecule has 1 aliphatic rings. The van der Waals surface area contributed by atoms with Gasteiger partial charge < -0.3 is 10.4 Å². The fourth-order valence-corrected chi connectivity index (χ4v) is 3.70. The van der Waals surface area contributed by atoms with E-state index in [9.17, 15) is 9.59 Å². The standard InChI is InChI=1S/C20H21ClN2O3/c21-16-7-3-6-14(11-16)17(10-13-4-1-2-5-13)19(24)23-18-9-8-15(12-22-18)20(25)26/h3,6-9,11-13,17H,1-2,4-5,10H2,(H,25,26)(H,22,23,24). The largest absolute Gasteiger partial charge is 0.478 e. The zero-order valence-electron chi connectivity index (χ0n) is 14.3. The van der Waals surface area contributed by atoms with Crippen LogP contribution >= 0.6 is 11.6 Å². The molecule has 3 rings (SSSR count). The van der Waals surface area contributed by atoms with Crippen molar-refractivity contribution in [1.82, 2.24) is 4.98 Å². The number of nitrogens with one attached hydrogen (secondary N) is 1. The molecule has 1 fully saturated rings. The van der Waals surface area contributed by atoms with Gasteiger partial charge in [0.2, 0.25) is 5.91 Å². The van der Waals surface area contributed by atoms with Crippen molar-refractivity contribution in [3.8, 4) is 0 Å². The SMILES string of the molecule is O=C(O)c1ccc(NC(=O)C(CC2CCCC2)c2cccc(Cl)c2)nc1. The highest BCUT2D eigenvalue weighted by molar-refractivity contribution is 6.30. The van der Waals surface area contributed by atoms with Crippen molar-refractivity contribution in [2.45, 2.75) is 38.0 Å². The van der Waals surface area contributed by atoms with Gasteiger partial charge in [0, 0.05) is 11.2 Å². The van der Waals surface area contributed by atoms with Crippen LogP contribution in [-0.2, 0) is 4.79 Å². The summed E-state index contributed by atoms with van der Waals surface area (Å²) in [6.07, 6.45) is 6.74. The van der Waals surface area contributed by atoms with Gasteiger partial charge in [-0.2, -0.15) is 0 Å². The summed E-state index contributed by atoms with van der Waals surface area (Å²) in [4.78, 5) is 27.9. The smallest absolute Gasteiger partial charge is 0.337 e. The molecular formula is C20H21ClN2O3. The Bertz CT molecular complexity index is 786. The molecule has 136 valence electrons. The van der Waals surface area contributed by atoms with Crippen LogP contribution in [0.5, 0.6) is 0 Å². The van der Waals surface area contributed by atoms with E-state index in [1.807, 2.05) is 18.2 Å². The van der Waals surface area contributed by atoms with E-state index in [0.29, 0.717) is 16.8 Å². The van der Waals surface area contributed by atoms with E-state index >= 15 is 0 Å². The van der Waals surface area contributed by atoms with E-state index in [1.165, 1.54) is 31.2 Å². The fraction of sp³-hybridized carbons (Fsp3) is 0.350. The molecule has 0 radical (unpaired) electrons. The Kier molecular flexibility index (Phi) is 5.89. The molecule has 1 unspecified atom stereocenters. The van der Waals surface area contributed by atoms with Gasteiger partial charge in [0.1, 0.15) is 5.82 Å². The molecule has 1 saturated carbocycles. The van der Waals surface area contributed by atoms with E-state index in [2.05, 4.69) is 10.3 Å². The first-order valence-corrected chi connectivity index (χ1v) is 9.16. The number of pyridine rings is 1. The number of hydrogen-bond donors (Lipinski definition) is 2. The quantitative estimate of drug-likeness (QED) is 0.767. The van der Waals surface area contributed by atoms with Crippen LogP contribution in [0.1, 0.15) is 53.9 Å². The van der Waals surface area contributed by atoms with E-state index in [1.54, 1.807) is 6.07 Å². The van der Waals surface area contributed by atoms with Gasteiger partial charge in [-0.05, 0) is 42.2 Å². The van der Waals surface area contributed by atoms with Crippen molar-refractivity contribution in [3.63, 3.8) is 0 Å². The molecule has 0 bridgehead atoms. The van der Waals surface area contributed by atoms with E-state index in [4.69, 9.17) is 16.7 Å². The minimum atomic E-state index is -1.05. The van der Waals surface area contributed by atoms with Crippen LogP contribution in [0.3, 0.4) is 0 Å². The number of carboxylic acids is 1. The molecule has 2 N–H and O–H groups in total. The summed E-state index contributed by atoms with van der Waals surface area (Å²) in [6.45, 7) is 0. The Balaban J connectivity index is 1.78. The topological polar surface area (TPSA) is 79.3 Å². The molecule has 1 atom stereocenters. The number of anilines is 1. The number of hydrogen-bond acceptors (Lipinski definition) is 3. The predicted molar refractivity (Wildman–Crippen MR) is 101 cm³/mol. The van der Waals surface area contributed by atoms with Gasteiger partial charge >= 0.3 is 5.97 Å². The molecule has 26 heavy (non-hydrogen) atoms. The third kappa shape index (κ3) is 4.61. The molecule has 1 aromatic heterocycles. The maximum Gasteiger partial charge on any atom is 0.337 e. The van der Waals surface area contributed by atoms with Crippen molar-refractivity contribution in [2.75, 3.05) is 5.32 Å². The lowest BCUT2D eigenvalue weighted by Crippen LogP contribution is -2.23. The lowest BCUT2D eigenvalue weighted by Gasteiger charge is -2.20. The average Bonchev–Trinajstić information content (AvgIpc) is 3.13. The van der Waals surface area contributed by atoms with Crippen LogP contribution in [0.25, 0.3) is 0 Å². The molecule has 1 amide bonds. The minimum Gasteiger partial charge on any atom is -0.478 e. The van der Waals surface area contributed by atoms with E-state index in [0.717, 1.165) is 24.8 Å². The molecule has 1 heterocycles. The number of aromatic nitrogens is 1. The molecule has 6 heteroatoms. The molecular weight excluding hydrogens is 352 g/mol. The van der Waals surface area contributed by atoms with Crippen molar-refractivity contribution >= 4 is 29.3 Å². The summed E-state index contributed by atoms with van der Waals surface area (Å²) < 4.78 is 0. The minimum absolute atomic E-state index is 0.0837. The lowest BCUT2D eigenvalue weighted by atomic mass is 9.87. The maximum atomic E-state index is 12.9. The number of carboxylic acid groups (broad SMARTS) is 1. The summed E-state index contributed by atoms with van der Waals surface area (Å²) in [6, 6.07) is 10.3. The lowest BCUT2D eigenvalue weighted by molar-refractivity contribution is -0.118. The van der Waals surface area contributed by atoms with Gasteiger partial charge in [-0.15, -0.1) is 0 Å². The second-order valence-corrected chi connectivity index (χ2v) is 7.16. The number of benzene rings is 1. The Labute approximate surface area is 157 Å². The van der Waals surface area contributed by atoms with Crippen LogP contribution in [-0.4, -0.2) is 22.0 Å². The number of rotatable bonds is 6. The summed E-state index contributed by atoms with van der Waals surface area (Å²) >= 11 is 6.12. The first-order valence-electron chi connectivity index (χ1n) is 8.78. The van der Waals surface area contributed by atoms with Crippen molar-refractivity contribution in [1.29, 1.82) is 0 Å². The summed E-state index contributed by atoms with van der Waals surface area (Å²) in [5.41, 5.74) is 0.976. The highest BCUT2D eigenvalue weighted by atomic mass is 35.5. The van der Waals surface area contributed by atoms with Crippen molar-refractivity contribution < 1.29 is 14.7 Å². The van der Waals surface area contributed by atoms with Crippen LogP contribution in [0, 0.1) is 5.92 Å². The summed E-state index contributed by atoms with van der Waals surface area (Å²) in [5.74, 6) is -0.619.